The summed E-state index contributed by atoms with van der Waals surface area (Å²) in [4.78, 5) is 15.5. The van der Waals surface area contributed by atoms with Crippen molar-refractivity contribution in [1.29, 1.82) is 0 Å². The normalized spacial score (nSPS) is 15.3. The largest absolute Gasteiger partial charge is 0.349 e. The highest BCUT2D eigenvalue weighted by Crippen LogP contribution is 2.17. The van der Waals surface area contributed by atoms with Crippen LogP contribution in [0.3, 0.4) is 0 Å². The summed E-state index contributed by atoms with van der Waals surface area (Å²) in [5, 5.41) is 6.15. The van der Waals surface area contributed by atoms with Gasteiger partial charge in [0.2, 0.25) is 0 Å². The topological polar surface area (TPSA) is 59.0 Å². The minimum atomic E-state index is -0.104. The Labute approximate surface area is 88.9 Å². The van der Waals surface area contributed by atoms with Crippen LogP contribution < -0.4 is 10.6 Å². The van der Waals surface area contributed by atoms with Gasteiger partial charge in [-0.1, -0.05) is 0 Å². The molecule has 1 saturated carbocycles. The highest BCUT2D eigenvalue weighted by Gasteiger charge is 2.19. The molecule has 0 aromatic carbocycles. The molecule has 0 radical (unpaired) electrons. The molecule has 1 aromatic heterocycles. The standard InChI is InChI=1S/C10H16N4O/c1-14-6-9(13-7-14)10(15)12-5-4-11-8-2-3-8/h6-8,11H,2-5H2,1H3,(H,12,15). The third-order valence-corrected chi connectivity index (χ3v) is 2.36. The lowest BCUT2D eigenvalue weighted by Crippen LogP contribution is -2.32. The number of amides is 1. The molecule has 0 unspecified atom stereocenters. The first-order valence-electron chi connectivity index (χ1n) is 5.25. The summed E-state index contributed by atoms with van der Waals surface area (Å²) in [7, 11) is 1.85. The first-order valence-corrected chi connectivity index (χ1v) is 5.25. The molecule has 2 rings (SSSR count). The van der Waals surface area contributed by atoms with E-state index in [1.807, 2.05) is 7.05 Å². The fourth-order valence-electron chi connectivity index (χ4n) is 1.36. The fraction of sp³-hybridized carbons (Fsp3) is 0.600. The third-order valence-electron chi connectivity index (χ3n) is 2.36. The molecule has 2 N–H and O–H groups in total. The molecule has 1 heterocycles. The first-order chi connectivity index (χ1) is 7.25. The second kappa shape index (κ2) is 4.44. The monoisotopic (exact) mass is 208 g/mol. The van der Waals surface area contributed by atoms with Gasteiger partial charge in [0, 0.05) is 32.4 Å². The van der Waals surface area contributed by atoms with Gasteiger partial charge in [-0.15, -0.1) is 0 Å². The van der Waals surface area contributed by atoms with Crippen LogP contribution >= 0.6 is 0 Å². The van der Waals surface area contributed by atoms with E-state index >= 15 is 0 Å². The number of aryl methyl sites for hydroxylation is 1. The van der Waals surface area contributed by atoms with Crippen molar-refractivity contribution in [2.45, 2.75) is 18.9 Å². The van der Waals surface area contributed by atoms with Crippen LogP contribution in [0.1, 0.15) is 23.3 Å². The summed E-state index contributed by atoms with van der Waals surface area (Å²) >= 11 is 0. The minimum Gasteiger partial charge on any atom is -0.349 e. The van der Waals surface area contributed by atoms with Crippen molar-refractivity contribution in [3.63, 3.8) is 0 Å². The number of nitrogens with zero attached hydrogens (tertiary/aromatic N) is 2. The van der Waals surface area contributed by atoms with E-state index in [-0.39, 0.29) is 5.91 Å². The maximum atomic E-state index is 11.5. The van der Waals surface area contributed by atoms with Gasteiger partial charge in [-0.25, -0.2) is 4.98 Å². The van der Waals surface area contributed by atoms with Crippen LogP contribution in [0.2, 0.25) is 0 Å². The molecular weight excluding hydrogens is 192 g/mol. The molecular formula is C10H16N4O. The summed E-state index contributed by atoms with van der Waals surface area (Å²) in [6.07, 6.45) is 5.88. The Balaban J connectivity index is 1.67. The zero-order chi connectivity index (χ0) is 10.7. The second-order valence-corrected chi connectivity index (χ2v) is 3.91. The molecule has 1 aliphatic carbocycles. The summed E-state index contributed by atoms with van der Waals surface area (Å²) in [5.41, 5.74) is 0.476. The predicted molar refractivity (Wildman–Crippen MR) is 56.6 cm³/mol. The van der Waals surface area contributed by atoms with E-state index in [2.05, 4.69) is 15.6 Å². The lowest BCUT2D eigenvalue weighted by molar-refractivity contribution is 0.0949. The summed E-state index contributed by atoms with van der Waals surface area (Å²) in [6, 6.07) is 0.691. The van der Waals surface area contributed by atoms with Gasteiger partial charge in [-0.2, -0.15) is 0 Å². The first kappa shape index (κ1) is 10.2. The van der Waals surface area contributed by atoms with Crippen molar-refractivity contribution in [3.05, 3.63) is 18.2 Å². The van der Waals surface area contributed by atoms with Gasteiger partial charge in [-0.05, 0) is 12.8 Å². The van der Waals surface area contributed by atoms with Crippen LogP contribution in [-0.4, -0.2) is 34.6 Å². The molecule has 0 bridgehead atoms. The highest BCUT2D eigenvalue weighted by molar-refractivity contribution is 5.91. The molecule has 0 saturated heterocycles. The predicted octanol–water partition coefficient (Wildman–Crippen LogP) is -0.0981. The van der Waals surface area contributed by atoms with Crippen LogP contribution in [-0.2, 0) is 7.05 Å². The van der Waals surface area contributed by atoms with E-state index in [1.54, 1.807) is 17.1 Å². The molecule has 1 aliphatic rings. The SMILES string of the molecule is Cn1cnc(C(=O)NCCNC2CC2)c1. The number of carbonyl (C=O) groups excluding carboxylic acids is 1. The van der Waals surface area contributed by atoms with Crippen molar-refractivity contribution in [2.24, 2.45) is 7.05 Å². The number of nitrogens with one attached hydrogen (secondary N) is 2. The molecule has 1 aromatic rings. The lowest BCUT2D eigenvalue weighted by atomic mass is 10.4. The van der Waals surface area contributed by atoms with Gasteiger partial charge in [0.15, 0.2) is 0 Å². The molecule has 0 aliphatic heterocycles. The summed E-state index contributed by atoms with van der Waals surface area (Å²) < 4.78 is 1.76. The van der Waals surface area contributed by atoms with Gasteiger partial charge in [-0.3, -0.25) is 4.79 Å². The summed E-state index contributed by atoms with van der Waals surface area (Å²) in [6.45, 7) is 1.50. The van der Waals surface area contributed by atoms with Crippen molar-refractivity contribution in [3.8, 4) is 0 Å². The van der Waals surface area contributed by atoms with Gasteiger partial charge >= 0.3 is 0 Å². The van der Waals surface area contributed by atoms with Crippen LogP contribution in [0.4, 0.5) is 0 Å². The Morgan fingerprint density at radius 3 is 3.00 bits per heavy atom. The average molecular weight is 208 g/mol. The van der Waals surface area contributed by atoms with Crippen LogP contribution in [0, 0.1) is 0 Å². The van der Waals surface area contributed by atoms with E-state index in [0.717, 1.165) is 6.54 Å². The van der Waals surface area contributed by atoms with E-state index < -0.39 is 0 Å². The van der Waals surface area contributed by atoms with E-state index in [1.165, 1.54) is 12.8 Å². The zero-order valence-electron chi connectivity index (χ0n) is 8.86. The molecule has 15 heavy (non-hydrogen) atoms. The second-order valence-electron chi connectivity index (χ2n) is 3.91. The van der Waals surface area contributed by atoms with Crippen LogP contribution in [0.5, 0.6) is 0 Å². The summed E-state index contributed by atoms with van der Waals surface area (Å²) in [5.74, 6) is -0.104. The van der Waals surface area contributed by atoms with Crippen molar-refractivity contribution in [2.75, 3.05) is 13.1 Å². The molecule has 0 spiro atoms. The Hall–Kier alpha value is -1.36. The zero-order valence-corrected chi connectivity index (χ0v) is 8.86. The Morgan fingerprint density at radius 1 is 1.60 bits per heavy atom. The van der Waals surface area contributed by atoms with Gasteiger partial charge in [0.05, 0.1) is 6.33 Å². The maximum absolute atomic E-state index is 11.5. The highest BCUT2D eigenvalue weighted by atomic mass is 16.1. The number of carbonyl (C=O) groups is 1. The quantitative estimate of drug-likeness (QED) is 0.664. The Kier molecular flexibility index (Phi) is 3.01. The fourth-order valence-corrected chi connectivity index (χ4v) is 1.36. The van der Waals surface area contributed by atoms with Crippen molar-refractivity contribution < 1.29 is 4.79 Å². The van der Waals surface area contributed by atoms with Gasteiger partial charge < -0.3 is 15.2 Å². The number of rotatable bonds is 5. The van der Waals surface area contributed by atoms with Crippen LogP contribution in [0.25, 0.3) is 0 Å². The van der Waals surface area contributed by atoms with E-state index in [9.17, 15) is 4.79 Å². The van der Waals surface area contributed by atoms with Gasteiger partial charge in [0.1, 0.15) is 5.69 Å². The molecule has 5 heteroatoms. The van der Waals surface area contributed by atoms with Gasteiger partial charge in [0.25, 0.3) is 5.91 Å². The lowest BCUT2D eigenvalue weighted by Gasteiger charge is -2.03. The van der Waals surface area contributed by atoms with Crippen LogP contribution in [0.15, 0.2) is 12.5 Å². The molecule has 1 fully saturated rings. The third kappa shape index (κ3) is 3.06. The van der Waals surface area contributed by atoms with E-state index in [0.29, 0.717) is 18.3 Å². The number of aromatic nitrogens is 2. The molecule has 0 atom stereocenters. The molecule has 5 nitrogen and oxygen atoms in total. The number of hydrogen-bond acceptors (Lipinski definition) is 3. The minimum absolute atomic E-state index is 0.104. The molecule has 1 amide bonds. The van der Waals surface area contributed by atoms with Crippen molar-refractivity contribution >= 4 is 5.91 Å². The number of imidazole rings is 1. The maximum Gasteiger partial charge on any atom is 0.271 e. The Bertz CT molecular complexity index is 343. The van der Waals surface area contributed by atoms with E-state index in [4.69, 9.17) is 0 Å². The number of hydrogen-bond donors (Lipinski definition) is 2. The molecule has 82 valence electrons. The van der Waals surface area contributed by atoms with Crippen molar-refractivity contribution in [1.82, 2.24) is 20.2 Å². The average Bonchev–Trinajstić information content (AvgIpc) is 2.94. The smallest absolute Gasteiger partial charge is 0.271 e. The Morgan fingerprint density at radius 2 is 2.40 bits per heavy atom.